The van der Waals surface area contributed by atoms with E-state index in [0.29, 0.717) is 49.2 Å². The van der Waals surface area contributed by atoms with Crippen LogP contribution in [-0.4, -0.2) is 35.1 Å². The van der Waals surface area contributed by atoms with Gasteiger partial charge in [-0.05, 0) is 43.2 Å². The highest BCUT2D eigenvalue weighted by atomic mass is 32.1. The molecular formula is C22H26N2O4S. The Bertz CT molecular complexity index is 958. The number of ketones is 1. The molecule has 0 radical (unpaired) electrons. The number of nitrogens with zero attached hydrogens (tertiary/aromatic N) is 1. The van der Waals surface area contributed by atoms with Gasteiger partial charge in [-0.2, -0.15) is 0 Å². The standard InChI is InChI=1S/C22H26N2O4S/c1-3-5-15(22(27)24-10-8-18-14(12-24)9-11-29-18)23-21(26)20-13(2)19-16(25)6-4-7-17(19)28-20/h9,11,15H,3-8,10,12H2,1-2H3,(H,23,26). The summed E-state index contributed by atoms with van der Waals surface area (Å²) in [5.74, 6) is 0.334. The fourth-order valence-corrected chi connectivity index (χ4v) is 5.18. The zero-order valence-electron chi connectivity index (χ0n) is 16.9. The van der Waals surface area contributed by atoms with Gasteiger partial charge >= 0.3 is 0 Å². The van der Waals surface area contributed by atoms with Crippen LogP contribution in [-0.2, 0) is 24.2 Å². The van der Waals surface area contributed by atoms with Crippen molar-refractivity contribution in [3.8, 4) is 0 Å². The first kappa shape index (κ1) is 19.9. The lowest BCUT2D eigenvalue weighted by atomic mass is 9.94. The van der Waals surface area contributed by atoms with E-state index in [2.05, 4.69) is 16.8 Å². The van der Waals surface area contributed by atoms with E-state index in [0.717, 1.165) is 19.3 Å². The number of Topliss-reactive ketones (excluding diaryl/α,β-unsaturated/α-hetero) is 1. The average molecular weight is 415 g/mol. The largest absolute Gasteiger partial charge is 0.455 e. The molecule has 2 aliphatic rings. The van der Waals surface area contributed by atoms with Crippen molar-refractivity contribution in [1.82, 2.24) is 10.2 Å². The third kappa shape index (κ3) is 3.75. The molecule has 1 N–H and O–H groups in total. The molecule has 0 aromatic carbocycles. The number of nitrogens with one attached hydrogen (secondary N) is 1. The molecule has 154 valence electrons. The molecule has 2 aromatic heterocycles. The molecule has 1 atom stereocenters. The van der Waals surface area contributed by atoms with Crippen molar-refractivity contribution in [2.75, 3.05) is 6.54 Å². The second-order valence-electron chi connectivity index (χ2n) is 7.82. The monoisotopic (exact) mass is 414 g/mol. The average Bonchev–Trinajstić information content (AvgIpc) is 3.31. The summed E-state index contributed by atoms with van der Waals surface area (Å²) in [7, 11) is 0. The summed E-state index contributed by atoms with van der Waals surface area (Å²) in [5.41, 5.74) is 2.34. The molecular weight excluding hydrogens is 388 g/mol. The van der Waals surface area contributed by atoms with Crippen molar-refractivity contribution in [3.63, 3.8) is 0 Å². The van der Waals surface area contributed by atoms with Crippen LogP contribution in [0.3, 0.4) is 0 Å². The lowest BCUT2D eigenvalue weighted by Crippen LogP contribution is -2.49. The molecule has 4 rings (SSSR count). The minimum Gasteiger partial charge on any atom is -0.455 e. The smallest absolute Gasteiger partial charge is 0.287 e. The van der Waals surface area contributed by atoms with Crippen molar-refractivity contribution in [2.45, 2.75) is 65.0 Å². The van der Waals surface area contributed by atoms with Crippen molar-refractivity contribution in [3.05, 3.63) is 44.5 Å². The number of rotatable bonds is 5. The van der Waals surface area contributed by atoms with Gasteiger partial charge in [-0.1, -0.05) is 13.3 Å². The fraction of sp³-hybridized carbons (Fsp3) is 0.500. The number of fused-ring (bicyclic) bond motifs is 2. The van der Waals surface area contributed by atoms with Gasteiger partial charge in [-0.15, -0.1) is 11.3 Å². The molecule has 0 saturated carbocycles. The van der Waals surface area contributed by atoms with Crippen molar-refractivity contribution in [1.29, 1.82) is 0 Å². The number of amides is 2. The number of thiophene rings is 1. The van der Waals surface area contributed by atoms with Crippen LogP contribution in [0.25, 0.3) is 0 Å². The molecule has 7 heteroatoms. The summed E-state index contributed by atoms with van der Waals surface area (Å²) in [5, 5.41) is 4.94. The van der Waals surface area contributed by atoms with Gasteiger partial charge < -0.3 is 14.6 Å². The number of hydrogen-bond acceptors (Lipinski definition) is 5. The maximum Gasteiger partial charge on any atom is 0.287 e. The van der Waals surface area contributed by atoms with Crippen molar-refractivity contribution < 1.29 is 18.8 Å². The molecule has 3 heterocycles. The zero-order chi connectivity index (χ0) is 20.5. The first-order valence-electron chi connectivity index (χ1n) is 10.3. The maximum absolute atomic E-state index is 13.1. The van der Waals surface area contributed by atoms with Crippen LogP contribution in [0.4, 0.5) is 0 Å². The molecule has 0 fully saturated rings. The Morgan fingerprint density at radius 3 is 2.90 bits per heavy atom. The van der Waals surface area contributed by atoms with Gasteiger partial charge in [0, 0.05) is 36.4 Å². The maximum atomic E-state index is 13.1. The summed E-state index contributed by atoms with van der Waals surface area (Å²) in [4.78, 5) is 41.5. The predicted molar refractivity (Wildman–Crippen MR) is 110 cm³/mol. The summed E-state index contributed by atoms with van der Waals surface area (Å²) in [6.07, 6.45) is 4.11. The highest BCUT2D eigenvalue weighted by Crippen LogP contribution is 2.29. The minimum atomic E-state index is -0.593. The van der Waals surface area contributed by atoms with Gasteiger partial charge in [-0.3, -0.25) is 14.4 Å². The SMILES string of the molecule is CCCC(NC(=O)c1oc2c(c1C)C(=O)CCC2)C(=O)N1CCc2sccc2C1. The van der Waals surface area contributed by atoms with Crippen molar-refractivity contribution in [2.24, 2.45) is 0 Å². The molecule has 1 aliphatic heterocycles. The van der Waals surface area contributed by atoms with E-state index >= 15 is 0 Å². The molecule has 0 bridgehead atoms. The van der Waals surface area contributed by atoms with E-state index in [4.69, 9.17) is 4.42 Å². The first-order valence-corrected chi connectivity index (χ1v) is 11.2. The number of carbonyl (C=O) groups excluding carboxylic acids is 3. The molecule has 2 aromatic rings. The quantitative estimate of drug-likeness (QED) is 0.810. The Hall–Kier alpha value is -2.41. The van der Waals surface area contributed by atoms with Crippen LogP contribution < -0.4 is 5.32 Å². The second kappa shape index (κ2) is 8.14. The number of carbonyl (C=O) groups is 3. The van der Waals surface area contributed by atoms with E-state index in [9.17, 15) is 14.4 Å². The Balaban J connectivity index is 1.51. The lowest BCUT2D eigenvalue weighted by molar-refractivity contribution is -0.134. The summed E-state index contributed by atoms with van der Waals surface area (Å²) < 4.78 is 5.75. The Labute approximate surface area is 174 Å². The molecule has 1 unspecified atom stereocenters. The Morgan fingerprint density at radius 1 is 1.31 bits per heavy atom. The highest BCUT2D eigenvalue weighted by Gasteiger charge is 2.32. The Kier molecular flexibility index (Phi) is 5.58. The van der Waals surface area contributed by atoms with Crippen LogP contribution in [0, 0.1) is 6.92 Å². The molecule has 0 spiro atoms. The van der Waals surface area contributed by atoms with Gasteiger partial charge in [0.1, 0.15) is 11.8 Å². The molecule has 2 amide bonds. The summed E-state index contributed by atoms with van der Waals surface area (Å²) in [6.45, 7) is 5.01. The number of hydrogen-bond donors (Lipinski definition) is 1. The highest BCUT2D eigenvalue weighted by molar-refractivity contribution is 7.10. The molecule has 6 nitrogen and oxygen atoms in total. The molecule has 0 saturated heterocycles. The van der Waals surface area contributed by atoms with Gasteiger partial charge in [-0.25, -0.2) is 0 Å². The van der Waals surface area contributed by atoms with Gasteiger partial charge in [0.05, 0.1) is 5.56 Å². The van der Waals surface area contributed by atoms with E-state index in [1.54, 1.807) is 18.3 Å². The van der Waals surface area contributed by atoms with E-state index in [-0.39, 0.29) is 17.5 Å². The van der Waals surface area contributed by atoms with Crippen LogP contribution in [0.15, 0.2) is 15.9 Å². The molecule has 29 heavy (non-hydrogen) atoms. The van der Waals surface area contributed by atoms with E-state index in [1.165, 1.54) is 10.4 Å². The van der Waals surface area contributed by atoms with Crippen LogP contribution >= 0.6 is 11.3 Å². The predicted octanol–water partition coefficient (Wildman–Crippen LogP) is 3.65. The van der Waals surface area contributed by atoms with Crippen LogP contribution in [0.1, 0.15) is 75.3 Å². The van der Waals surface area contributed by atoms with E-state index in [1.807, 2.05) is 11.8 Å². The molecule has 1 aliphatic carbocycles. The van der Waals surface area contributed by atoms with Crippen LogP contribution in [0.2, 0.25) is 0 Å². The number of aryl methyl sites for hydroxylation is 1. The van der Waals surface area contributed by atoms with E-state index < -0.39 is 11.9 Å². The van der Waals surface area contributed by atoms with Gasteiger partial charge in [0.15, 0.2) is 11.5 Å². The first-order chi connectivity index (χ1) is 14.0. The van der Waals surface area contributed by atoms with Gasteiger partial charge in [0.25, 0.3) is 5.91 Å². The normalized spacial score (nSPS) is 16.9. The minimum absolute atomic E-state index is 0.0348. The fourth-order valence-electron chi connectivity index (χ4n) is 4.29. The van der Waals surface area contributed by atoms with Gasteiger partial charge in [0.2, 0.25) is 5.91 Å². The zero-order valence-corrected chi connectivity index (χ0v) is 17.7. The van der Waals surface area contributed by atoms with Crippen LogP contribution in [0.5, 0.6) is 0 Å². The summed E-state index contributed by atoms with van der Waals surface area (Å²) >= 11 is 1.73. The number of furan rings is 1. The third-order valence-corrected chi connectivity index (χ3v) is 6.84. The third-order valence-electron chi connectivity index (χ3n) is 5.81. The topological polar surface area (TPSA) is 79.6 Å². The summed E-state index contributed by atoms with van der Waals surface area (Å²) in [6, 6.07) is 1.48. The second-order valence-corrected chi connectivity index (χ2v) is 8.83. The Morgan fingerprint density at radius 2 is 2.14 bits per heavy atom. The van der Waals surface area contributed by atoms with Crippen molar-refractivity contribution >= 4 is 28.9 Å². The lowest BCUT2D eigenvalue weighted by Gasteiger charge is -2.30.